The van der Waals surface area contributed by atoms with E-state index in [1.54, 1.807) is 0 Å². The third-order valence-corrected chi connectivity index (χ3v) is 3.33. The zero-order valence-corrected chi connectivity index (χ0v) is 9.59. The predicted molar refractivity (Wildman–Crippen MR) is 58.3 cm³/mol. The van der Waals surface area contributed by atoms with Crippen molar-refractivity contribution in [2.75, 3.05) is 13.2 Å². The molecule has 1 saturated heterocycles. The van der Waals surface area contributed by atoms with Crippen molar-refractivity contribution in [2.24, 2.45) is 5.41 Å². The summed E-state index contributed by atoms with van der Waals surface area (Å²) < 4.78 is 5.59. The van der Waals surface area contributed by atoms with Gasteiger partial charge in [-0.25, -0.2) is 0 Å². The molecule has 2 heteroatoms. The van der Waals surface area contributed by atoms with Gasteiger partial charge in [0.1, 0.15) is 0 Å². The van der Waals surface area contributed by atoms with Crippen LogP contribution in [0.3, 0.4) is 0 Å². The average molecular weight is 200 g/mol. The summed E-state index contributed by atoms with van der Waals surface area (Å²) in [7, 11) is 0. The summed E-state index contributed by atoms with van der Waals surface area (Å²) in [6.45, 7) is 5.62. The van der Waals surface area contributed by atoms with E-state index in [4.69, 9.17) is 4.74 Å². The van der Waals surface area contributed by atoms with E-state index in [1.165, 1.54) is 12.8 Å². The fraction of sp³-hybridized carbons (Fsp3) is 1.00. The lowest BCUT2D eigenvalue weighted by atomic mass is 9.81. The van der Waals surface area contributed by atoms with Gasteiger partial charge in [0, 0.05) is 13.2 Å². The normalized spacial score (nSPS) is 26.4. The molecule has 0 radical (unpaired) electrons. The number of hydrogen-bond acceptors (Lipinski definition) is 2. The van der Waals surface area contributed by atoms with Crippen molar-refractivity contribution in [3.63, 3.8) is 0 Å². The first-order valence-corrected chi connectivity index (χ1v) is 5.92. The van der Waals surface area contributed by atoms with Crippen molar-refractivity contribution in [3.8, 4) is 0 Å². The summed E-state index contributed by atoms with van der Waals surface area (Å²) in [5.41, 5.74) is 0.126. The van der Waals surface area contributed by atoms with Crippen LogP contribution >= 0.6 is 0 Å². The van der Waals surface area contributed by atoms with E-state index in [9.17, 15) is 5.11 Å². The minimum Gasteiger partial charge on any atom is -0.396 e. The minimum atomic E-state index is 0.126. The Hall–Kier alpha value is -0.0800. The van der Waals surface area contributed by atoms with Crippen LogP contribution < -0.4 is 0 Å². The van der Waals surface area contributed by atoms with Crippen LogP contribution in [0.4, 0.5) is 0 Å². The highest BCUT2D eigenvalue weighted by Crippen LogP contribution is 2.31. The molecular formula is C12H24O2. The molecule has 84 valence electrons. The van der Waals surface area contributed by atoms with Gasteiger partial charge in [0.25, 0.3) is 0 Å². The highest BCUT2D eigenvalue weighted by atomic mass is 16.5. The molecule has 0 saturated carbocycles. The maximum atomic E-state index is 9.35. The summed E-state index contributed by atoms with van der Waals surface area (Å²) in [5, 5.41) is 9.35. The van der Waals surface area contributed by atoms with Crippen LogP contribution in [-0.2, 0) is 4.74 Å². The van der Waals surface area contributed by atoms with Crippen molar-refractivity contribution in [1.82, 2.24) is 0 Å². The quantitative estimate of drug-likeness (QED) is 0.714. The second-order valence-electron chi connectivity index (χ2n) is 4.89. The third-order valence-electron chi connectivity index (χ3n) is 3.33. The van der Waals surface area contributed by atoms with Crippen LogP contribution in [0.1, 0.15) is 52.4 Å². The molecule has 2 atom stereocenters. The first-order valence-electron chi connectivity index (χ1n) is 5.92. The number of ether oxygens (including phenoxy) is 1. The highest BCUT2D eigenvalue weighted by molar-refractivity contribution is 4.76. The highest BCUT2D eigenvalue weighted by Gasteiger charge is 2.25. The Bertz CT molecular complexity index is 152. The number of rotatable bonds is 6. The molecule has 0 amide bonds. The molecule has 1 aliphatic rings. The van der Waals surface area contributed by atoms with Crippen LogP contribution in [0.2, 0.25) is 0 Å². The molecule has 0 spiro atoms. The van der Waals surface area contributed by atoms with Crippen molar-refractivity contribution in [1.29, 1.82) is 0 Å². The molecule has 14 heavy (non-hydrogen) atoms. The third kappa shape index (κ3) is 3.58. The largest absolute Gasteiger partial charge is 0.396 e. The van der Waals surface area contributed by atoms with Gasteiger partial charge in [-0.3, -0.25) is 0 Å². The Morgan fingerprint density at radius 2 is 2.21 bits per heavy atom. The van der Waals surface area contributed by atoms with Gasteiger partial charge in [-0.1, -0.05) is 20.3 Å². The predicted octanol–water partition coefficient (Wildman–Crippen LogP) is 2.74. The first-order chi connectivity index (χ1) is 6.70. The van der Waals surface area contributed by atoms with Crippen LogP contribution in [0.15, 0.2) is 0 Å². The molecule has 1 fully saturated rings. The van der Waals surface area contributed by atoms with Crippen molar-refractivity contribution in [3.05, 3.63) is 0 Å². The zero-order chi connectivity index (χ0) is 10.4. The van der Waals surface area contributed by atoms with Crippen LogP contribution in [-0.4, -0.2) is 24.4 Å². The molecule has 1 N–H and O–H groups in total. The fourth-order valence-electron chi connectivity index (χ4n) is 2.27. The summed E-state index contributed by atoms with van der Waals surface area (Å²) in [6.07, 6.45) is 7.40. The van der Waals surface area contributed by atoms with E-state index in [0.717, 1.165) is 32.3 Å². The zero-order valence-electron chi connectivity index (χ0n) is 9.59. The molecule has 0 aliphatic carbocycles. The molecule has 0 bridgehead atoms. The van der Waals surface area contributed by atoms with Crippen LogP contribution in [0.25, 0.3) is 0 Å². The van der Waals surface area contributed by atoms with Crippen LogP contribution in [0, 0.1) is 5.41 Å². The van der Waals surface area contributed by atoms with Crippen molar-refractivity contribution < 1.29 is 9.84 Å². The monoisotopic (exact) mass is 200 g/mol. The van der Waals surface area contributed by atoms with E-state index in [2.05, 4.69) is 13.8 Å². The average Bonchev–Trinajstić information content (AvgIpc) is 2.68. The van der Waals surface area contributed by atoms with E-state index in [0.29, 0.717) is 12.7 Å². The van der Waals surface area contributed by atoms with Gasteiger partial charge < -0.3 is 9.84 Å². The van der Waals surface area contributed by atoms with E-state index < -0.39 is 0 Å². The standard InChI is InChI=1S/C12H24O2/c1-3-7-12(2,10-13)8-6-11-5-4-9-14-11/h11,13H,3-10H2,1-2H3. The molecular weight excluding hydrogens is 176 g/mol. The van der Waals surface area contributed by atoms with E-state index in [1.807, 2.05) is 0 Å². The molecule has 1 heterocycles. The molecule has 0 aromatic heterocycles. The lowest BCUT2D eigenvalue weighted by Crippen LogP contribution is -2.23. The number of hydrogen-bond donors (Lipinski definition) is 1. The number of aliphatic hydroxyl groups excluding tert-OH is 1. The Labute approximate surface area is 87.7 Å². The first kappa shape index (κ1) is 12.0. The van der Waals surface area contributed by atoms with Crippen LogP contribution in [0.5, 0.6) is 0 Å². The molecule has 1 aliphatic heterocycles. The van der Waals surface area contributed by atoms with Gasteiger partial charge in [-0.2, -0.15) is 0 Å². The van der Waals surface area contributed by atoms with Gasteiger partial charge in [-0.15, -0.1) is 0 Å². The topological polar surface area (TPSA) is 29.5 Å². The molecule has 0 aromatic carbocycles. The minimum absolute atomic E-state index is 0.126. The number of aliphatic hydroxyl groups is 1. The van der Waals surface area contributed by atoms with Crippen molar-refractivity contribution >= 4 is 0 Å². The fourth-order valence-corrected chi connectivity index (χ4v) is 2.27. The lowest BCUT2D eigenvalue weighted by molar-refractivity contribution is 0.0679. The van der Waals surface area contributed by atoms with E-state index in [-0.39, 0.29) is 5.41 Å². The van der Waals surface area contributed by atoms with Gasteiger partial charge in [-0.05, 0) is 37.5 Å². The summed E-state index contributed by atoms with van der Waals surface area (Å²) in [6, 6.07) is 0. The molecule has 2 nitrogen and oxygen atoms in total. The summed E-state index contributed by atoms with van der Waals surface area (Å²) in [4.78, 5) is 0. The maximum absolute atomic E-state index is 9.35. The smallest absolute Gasteiger partial charge is 0.0576 e. The second-order valence-corrected chi connectivity index (χ2v) is 4.89. The lowest BCUT2D eigenvalue weighted by Gasteiger charge is -2.27. The summed E-state index contributed by atoms with van der Waals surface area (Å²) >= 11 is 0. The van der Waals surface area contributed by atoms with Crippen molar-refractivity contribution in [2.45, 2.75) is 58.5 Å². The Morgan fingerprint density at radius 3 is 2.71 bits per heavy atom. The SMILES string of the molecule is CCCC(C)(CO)CCC1CCCO1. The second kappa shape index (κ2) is 5.72. The van der Waals surface area contributed by atoms with E-state index >= 15 is 0 Å². The Morgan fingerprint density at radius 1 is 1.43 bits per heavy atom. The molecule has 0 aromatic rings. The summed E-state index contributed by atoms with van der Waals surface area (Å²) in [5.74, 6) is 0. The van der Waals surface area contributed by atoms with Gasteiger partial charge in [0.2, 0.25) is 0 Å². The van der Waals surface area contributed by atoms with Gasteiger partial charge in [0.15, 0.2) is 0 Å². The molecule has 1 rings (SSSR count). The van der Waals surface area contributed by atoms with Gasteiger partial charge in [0.05, 0.1) is 6.10 Å². The maximum Gasteiger partial charge on any atom is 0.0576 e. The van der Waals surface area contributed by atoms with Gasteiger partial charge >= 0.3 is 0 Å². The Kier molecular flexibility index (Phi) is 4.90. The molecule has 2 unspecified atom stereocenters. The Balaban J connectivity index is 2.25.